The summed E-state index contributed by atoms with van der Waals surface area (Å²) in [5.74, 6) is -0.0481. The Bertz CT molecular complexity index is 1670. The first-order chi connectivity index (χ1) is 17.1. The predicted octanol–water partition coefficient (Wildman–Crippen LogP) is 4.22. The molecule has 6 heterocycles. The maximum absolute atomic E-state index is 15.9. The summed E-state index contributed by atoms with van der Waals surface area (Å²) in [5, 5.41) is 7.55. The molecule has 0 saturated carbocycles. The summed E-state index contributed by atoms with van der Waals surface area (Å²) in [6, 6.07) is 7.47. The van der Waals surface area contributed by atoms with E-state index in [9.17, 15) is 0 Å². The Morgan fingerprint density at radius 1 is 0.857 bits per heavy atom. The molecule has 0 aliphatic heterocycles. The van der Waals surface area contributed by atoms with E-state index >= 15 is 4.39 Å². The lowest BCUT2D eigenvalue weighted by Crippen LogP contribution is -2.10. The third kappa shape index (κ3) is 3.69. The lowest BCUT2D eigenvalue weighted by molar-refractivity contribution is 0.402. The van der Waals surface area contributed by atoms with E-state index in [1.54, 1.807) is 37.2 Å². The van der Waals surface area contributed by atoms with Crippen LogP contribution in [0.5, 0.6) is 0 Å². The third-order valence-electron chi connectivity index (χ3n) is 5.69. The fourth-order valence-electron chi connectivity index (χ4n) is 4.19. The number of hydrogen-bond acceptors (Lipinski definition) is 7. The number of hydrogen-bond donors (Lipinski definition) is 2. The molecule has 0 radical (unpaired) electrons. The van der Waals surface area contributed by atoms with Crippen molar-refractivity contribution in [2.45, 2.75) is 6.54 Å². The maximum Gasteiger partial charge on any atom is 0.161 e. The van der Waals surface area contributed by atoms with Gasteiger partial charge in [0.25, 0.3) is 0 Å². The van der Waals surface area contributed by atoms with Crippen LogP contribution in [0.15, 0.2) is 61.4 Å². The van der Waals surface area contributed by atoms with Crippen molar-refractivity contribution in [3.8, 4) is 34.0 Å². The molecule has 2 N–H and O–H groups in total. The summed E-state index contributed by atoms with van der Waals surface area (Å²) >= 11 is 0. The van der Waals surface area contributed by atoms with Gasteiger partial charge in [0, 0.05) is 48.7 Å². The van der Waals surface area contributed by atoms with E-state index in [1.807, 2.05) is 43.3 Å². The van der Waals surface area contributed by atoms with Gasteiger partial charge in [-0.2, -0.15) is 5.10 Å². The van der Waals surface area contributed by atoms with Crippen molar-refractivity contribution in [2.75, 3.05) is 14.1 Å². The van der Waals surface area contributed by atoms with Crippen LogP contribution in [0, 0.1) is 5.82 Å². The SMILES string of the molecule is CN(C)Cc1cncc(-c2ncc3[nH]nc(-c4nc5c(-c6ccncc6)nccc5[nH]4)c3c2F)c1. The Kier molecular flexibility index (Phi) is 5.00. The Morgan fingerprint density at radius 3 is 2.54 bits per heavy atom. The number of H-pyrrole nitrogens is 2. The molecule has 0 unspecified atom stereocenters. The molecule has 172 valence electrons. The van der Waals surface area contributed by atoms with Crippen LogP contribution >= 0.6 is 0 Å². The highest BCUT2D eigenvalue weighted by atomic mass is 19.1. The summed E-state index contributed by atoms with van der Waals surface area (Å²) in [6.07, 6.45) is 10.1. The van der Waals surface area contributed by atoms with E-state index in [0.29, 0.717) is 45.7 Å². The van der Waals surface area contributed by atoms with E-state index in [1.165, 1.54) is 0 Å². The Morgan fingerprint density at radius 2 is 1.71 bits per heavy atom. The van der Waals surface area contributed by atoms with Crippen molar-refractivity contribution in [3.05, 3.63) is 72.8 Å². The summed E-state index contributed by atoms with van der Waals surface area (Å²) < 4.78 is 15.9. The van der Waals surface area contributed by atoms with Crippen LogP contribution in [-0.2, 0) is 6.54 Å². The highest BCUT2D eigenvalue weighted by Crippen LogP contribution is 2.33. The predicted molar refractivity (Wildman–Crippen MR) is 131 cm³/mol. The van der Waals surface area contributed by atoms with Gasteiger partial charge in [-0.15, -0.1) is 0 Å². The zero-order valence-corrected chi connectivity index (χ0v) is 19.0. The first-order valence-corrected chi connectivity index (χ1v) is 11.0. The van der Waals surface area contributed by atoms with Gasteiger partial charge in [-0.25, -0.2) is 9.37 Å². The summed E-state index contributed by atoms with van der Waals surface area (Å²) in [4.78, 5) is 27.2. The van der Waals surface area contributed by atoms with Crippen LogP contribution in [0.1, 0.15) is 5.56 Å². The van der Waals surface area contributed by atoms with Gasteiger partial charge in [-0.3, -0.25) is 25.0 Å². The van der Waals surface area contributed by atoms with Crippen molar-refractivity contribution < 1.29 is 4.39 Å². The summed E-state index contributed by atoms with van der Waals surface area (Å²) in [7, 11) is 3.94. The largest absolute Gasteiger partial charge is 0.336 e. The molecule has 35 heavy (non-hydrogen) atoms. The average molecular weight is 465 g/mol. The zero-order chi connectivity index (χ0) is 23.9. The van der Waals surface area contributed by atoms with Crippen LogP contribution in [0.2, 0.25) is 0 Å². The molecule has 0 spiro atoms. The molecule has 0 aliphatic carbocycles. The van der Waals surface area contributed by atoms with Gasteiger partial charge < -0.3 is 9.88 Å². The molecule has 0 saturated heterocycles. The van der Waals surface area contributed by atoms with Crippen molar-refractivity contribution in [1.82, 2.24) is 45.0 Å². The Hall–Kier alpha value is -4.57. The van der Waals surface area contributed by atoms with E-state index in [2.05, 4.69) is 35.1 Å². The summed E-state index contributed by atoms with van der Waals surface area (Å²) in [6.45, 7) is 0.689. The molecule has 0 atom stereocenters. The van der Waals surface area contributed by atoms with Gasteiger partial charge in [0.15, 0.2) is 11.6 Å². The molecular formula is C25H20FN9. The van der Waals surface area contributed by atoms with E-state index < -0.39 is 5.82 Å². The standard InChI is InChI=1S/C25H20FN9/c1-35(2)13-14-9-16(11-28-10-14)21-20(26)19-18(12-30-21)33-34-24(19)25-31-17-5-8-29-22(23(17)32-25)15-3-6-27-7-4-15/h3-12H,13H2,1-2H3,(H,31,32)(H,33,34). The molecule has 6 aromatic heterocycles. The van der Waals surface area contributed by atoms with Crippen LogP contribution in [-0.4, -0.2) is 59.1 Å². The number of pyridine rings is 4. The molecule has 0 amide bonds. The normalized spacial score (nSPS) is 11.7. The molecule has 0 bridgehead atoms. The Balaban J connectivity index is 1.49. The number of nitrogens with one attached hydrogen (secondary N) is 2. The molecule has 6 rings (SSSR count). The zero-order valence-electron chi connectivity index (χ0n) is 19.0. The highest BCUT2D eigenvalue weighted by molar-refractivity contribution is 5.97. The van der Waals surface area contributed by atoms with E-state index in [-0.39, 0.29) is 5.69 Å². The van der Waals surface area contributed by atoms with Gasteiger partial charge in [0.2, 0.25) is 0 Å². The van der Waals surface area contributed by atoms with Gasteiger partial charge in [0.1, 0.15) is 16.9 Å². The summed E-state index contributed by atoms with van der Waals surface area (Å²) in [5.41, 5.74) is 5.66. The second kappa shape index (κ2) is 8.33. The average Bonchev–Trinajstić information content (AvgIpc) is 3.49. The van der Waals surface area contributed by atoms with Crippen LogP contribution in [0.4, 0.5) is 4.39 Å². The first-order valence-electron chi connectivity index (χ1n) is 11.0. The number of fused-ring (bicyclic) bond motifs is 2. The first kappa shape index (κ1) is 21.0. The van der Waals surface area contributed by atoms with Gasteiger partial charge in [-0.05, 0) is 43.9 Å². The fourth-order valence-corrected chi connectivity index (χ4v) is 4.19. The van der Waals surface area contributed by atoms with Crippen LogP contribution < -0.4 is 0 Å². The number of halogens is 1. The maximum atomic E-state index is 15.9. The number of rotatable bonds is 5. The number of aromatic nitrogens is 8. The van der Waals surface area contributed by atoms with E-state index in [0.717, 1.165) is 16.6 Å². The van der Waals surface area contributed by atoms with Crippen LogP contribution in [0.3, 0.4) is 0 Å². The number of aromatic amines is 2. The number of nitrogens with zero attached hydrogens (tertiary/aromatic N) is 7. The lowest BCUT2D eigenvalue weighted by atomic mass is 10.1. The second-order valence-electron chi connectivity index (χ2n) is 8.48. The van der Waals surface area contributed by atoms with E-state index in [4.69, 9.17) is 4.98 Å². The van der Waals surface area contributed by atoms with Crippen molar-refractivity contribution >= 4 is 21.9 Å². The minimum atomic E-state index is -0.483. The quantitative estimate of drug-likeness (QED) is 0.392. The highest BCUT2D eigenvalue weighted by Gasteiger charge is 2.21. The smallest absolute Gasteiger partial charge is 0.161 e. The van der Waals surface area contributed by atoms with Gasteiger partial charge >= 0.3 is 0 Å². The Labute approximate surface area is 199 Å². The van der Waals surface area contributed by atoms with Gasteiger partial charge in [-0.1, -0.05) is 0 Å². The molecule has 10 heteroatoms. The second-order valence-corrected chi connectivity index (χ2v) is 8.48. The lowest BCUT2D eigenvalue weighted by Gasteiger charge is -2.10. The molecule has 9 nitrogen and oxygen atoms in total. The minimum absolute atomic E-state index is 0.212. The molecule has 6 aromatic rings. The van der Waals surface area contributed by atoms with Gasteiger partial charge in [0.05, 0.1) is 28.3 Å². The monoisotopic (exact) mass is 465 g/mol. The molecule has 0 aromatic carbocycles. The fraction of sp³-hybridized carbons (Fsp3) is 0.120. The minimum Gasteiger partial charge on any atom is -0.336 e. The van der Waals surface area contributed by atoms with Crippen LogP contribution in [0.25, 0.3) is 56.0 Å². The third-order valence-corrected chi connectivity index (χ3v) is 5.69. The molecule has 0 aliphatic rings. The molecular weight excluding hydrogens is 445 g/mol. The topological polar surface area (TPSA) is 112 Å². The van der Waals surface area contributed by atoms with Crippen molar-refractivity contribution in [2.24, 2.45) is 0 Å². The van der Waals surface area contributed by atoms with Crippen molar-refractivity contribution in [1.29, 1.82) is 0 Å². The number of imidazole rings is 1. The van der Waals surface area contributed by atoms with Crippen molar-refractivity contribution in [3.63, 3.8) is 0 Å². The molecule has 0 fully saturated rings.